The third kappa shape index (κ3) is 5.39. The molecule has 116 valence electrons. The van der Waals surface area contributed by atoms with Crippen molar-refractivity contribution in [1.82, 2.24) is 0 Å². The van der Waals surface area contributed by atoms with Gasteiger partial charge in [0.15, 0.2) is 0 Å². The lowest BCUT2D eigenvalue weighted by molar-refractivity contribution is 0.559. The average Bonchev–Trinajstić information content (AvgIpc) is 2.50. The summed E-state index contributed by atoms with van der Waals surface area (Å²) in [5, 5.41) is 0. The first-order valence-electron chi connectivity index (χ1n) is 8.33. The number of unbranched alkanes of at least 4 members (excludes halogenated alkanes) is 4. The fraction of sp³-hybridized carbons (Fsp3) is 0.579. The molecule has 1 aliphatic carbocycles. The summed E-state index contributed by atoms with van der Waals surface area (Å²) in [6.07, 6.45) is 14.0. The van der Waals surface area contributed by atoms with Crippen LogP contribution in [0.5, 0.6) is 0 Å². The number of halogens is 2. The van der Waals surface area contributed by atoms with E-state index >= 15 is 0 Å². The largest absolute Gasteiger partial charge is 0.206 e. The Bertz CT molecular complexity index is 478. The van der Waals surface area contributed by atoms with Gasteiger partial charge in [0.1, 0.15) is 5.82 Å². The molecule has 2 heteroatoms. The molecule has 1 aromatic rings. The van der Waals surface area contributed by atoms with Gasteiger partial charge in [-0.1, -0.05) is 50.3 Å². The van der Waals surface area contributed by atoms with Crippen LogP contribution >= 0.6 is 22.6 Å². The lowest BCUT2D eigenvalue weighted by Gasteiger charge is -2.22. The first kappa shape index (κ1) is 17.0. The summed E-state index contributed by atoms with van der Waals surface area (Å²) in [5.74, 6) is 0.444. The molecule has 0 fully saturated rings. The van der Waals surface area contributed by atoms with Crippen molar-refractivity contribution in [3.63, 3.8) is 0 Å². The highest BCUT2D eigenvalue weighted by Gasteiger charge is 2.17. The van der Waals surface area contributed by atoms with Crippen molar-refractivity contribution in [3.8, 4) is 0 Å². The smallest absolute Gasteiger partial charge is 0.136 e. The molecule has 0 bridgehead atoms. The van der Waals surface area contributed by atoms with E-state index in [-0.39, 0.29) is 5.82 Å². The Balaban J connectivity index is 1.79. The van der Waals surface area contributed by atoms with Crippen LogP contribution in [-0.4, -0.2) is 0 Å². The van der Waals surface area contributed by atoms with Crippen molar-refractivity contribution in [3.05, 3.63) is 44.8 Å². The fourth-order valence-corrected chi connectivity index (χ4v) is 3.48. The summed E-state index contributed by atoms with van der Waals surface area (Å²) in [5.41, 5.74) is 2.81. The molecule has 0 nitrogen and oxygen atoms in total. The molecule has 0 amide bonds. The summed E-state index contributed by atoms with van der Waals surface area (Å²) >= 11 is 2.05. The summed E-state index contributed by atoms with van der Waals surface area (Å²) in [7, 11) is 0. The molecule has 0 saturated carbocycles. The van der Waals surface area contributed by atoms with Crippen LogP contribution in [0.15, 0.2) is 29.8 Å². The highest BCUT2D eigenvalue weighted by Crippen LogP contribution is 2.34. The normalized spacial score (nSPS) is 18.6. The monoisotopic (exact) mass is 400 g/mol. The first-order valence-corrected chi connectivity index (χ1v) is 9.41. The van der Waals surface area contributed by atoms with Crippen molar-refractivity contribution in [2.75, 3.05) is 0 Å². The zero-order chi connectivity index (χ0) is 15.1. The zero-order valence-electron chi connectivity index (χ0n) is 13.0. The Labute approximate surface area is 142 Å². The summed E-state index contributed by atoms with van der Waals surface area (Å²) in [6.45, 7) is 2.26. The number of hydrogen-bond acceptors (Lipinski definition) is 0. The Morgan fingerprint density at radius 2 is 2.00 bits per heavy atom. The van der Waals surface area contributed by atoms with Gasteiger partial charge in [0, 0.05) is 3.57 Å². The van der Waals surface area contributed by atoms with Crippen molar-refractivity contribution in [2.24, 2.45) is 0 Å². The van der Waals surface area contributed by atoms with Crippen LogP contribution in [0.2, 0.25) is 0 Å². The Morgan fingerprint density at radius 3 is 2.67 bits per heavy atom. The molecule has 1 unspecified atom stereocenters. The lowest BCUT2D eigenvalue weighted by Crippen LogP contribution is -2.05. The van der Waals surface area contributed by atoms with Crippen molar-refractivity contribution in [2.45, 2.75) is 70.6 Å². The maximum Gasteiger partial charge on any atom is 0.136 e. The van der Waals surface area contributed by atoms with E-state index in [0.29, 0.717) is 5.92 Å². The fourth-order valence-electron chi connectivity index (χ4n) is 3.14. The molecule has 0 spiro atoms. The molecule has 1 atom stereocenters. The van der Waals surface area contributed by atoms with Gasteiger partial charge in [-0.25, -0.2) is 4.39 Å². The topological polar surface area (TPSA) is 0 Å². The second-order valence-electron chi connectivity index (χ2n) is 6.17. The molecule has 0 saturated heterocycles. The van der Waals surface area contributed by atoms with Crippen LogP contribution in [0.3, 0.4) is 0 Å². The van der Waals surface area contributed by atoms with E-state index in [1.54, 1.807) is 11.6 Å². The molecular formula is C19H26FI. The van der Waals surface area contributed by atoms with Gasteiger partial charge in [-0.05, 0) is 78.3 Å². The number of benzene rings is 1. The van der Waals surface area contributed by atoms with Gasteiger partial charge in [-0.3, -0.25) is 0 Å². The van der Waals surface area contributed by atoms with Crippen LogP contribution < -0.4 is 0 Å². The van der Waals surface area contributed by atoms with E-state index < -0.39 is 0 Å². The molecule has 0 aromatic heterocycles. The lowest BCUT2D eigenvalue weighted by atomic mass is 9.83. The third-order valence-electron chi connectivity index (χ3n) is 4.52. The average molecular weight is 400 g/mol. The highest BCUT2D eigenvalue weighted by molar-refractivity contribution is 14.1. The van der Waals surface area contributed by atoms with Crippen molar-refractivity contribution >= 4 is 22.6 Å². The van der Waals surface area contributed by atoms with Gasteiger partial charge in [0.2, 0.25) is 0 Å². The van der Waals surface area contributed by atoms with Gasteiger partial charge in [0.05, 0.1) is 0 Å². The van der Waals surface area contributed by atoms with Crippen LogP contribution in [-0.2, 0) is 0 Å². The molecule has 0 heterocycles. The van der Waals surface area contributed by atoms with Crippen LogP contribution in [0, 0.1) is 9.39 Å². The van der Waals surface area contributed by atoms with Crippen molar-refractivity contribution in [1.29, 1.82) is 0 Å². The predicted molar refractivity (Wildman–Crippen MR) is 97.2 cm³/mol. The van der Waals surface area contributed by atoms with Gasteiger partial charge in [-0.2, -0.15) is 0 Å². The summed E-state index contributed by atoms with van der Waals surface area (Å²) in [4.78, 5) is 0. The maximum atomic E-state index is 13.7. The Hall–Kier alpha value is -0.380. The Morgan fingerprint density at radius 1 is 1.19 bits per heavy atom. The van der Waals surface area contributed by atoms with Gasteiger partial charge in [0.25, 0.3) is 0 Å². The summed E-state index contributed by atoms with van der Waals surface area (Å²) < 4.78 is 14.4. The minimum Gasteiger partial charge on any atom is -0.206 e. The van der Waals surface area contributed by atoms with Gasteiger partial charge in [-0.15, -0.1) is 0 Å². The standard InChI is InChI=1S/C19H26FI/c1-2-3-4-5-6-7-15-8-10-16(11-9-15)17-12-13-19(21)18(20)14-17/h8,12-14,16H,2-7,9-11H2,1H3. The zero-order valence-corrected chi connectivity index (χ0v) is 15.2. The third-order valence-corrected chi connectivity index (χ3v) is 5.40. The molecule has 0 aliphatic heterocycles. The molecule has 2 rings (SSSR count). The SMILES string of the molecule is CCCCCCCC1=CCC(c2ccc(I)c(F)c2)CC1. The highest BCUT2D eigenvalue weighted by atomic mass is 127. The van der Waals surface area contributed by atoms with E-state index in [0.717, 1.165) is 9.99 Å². The van der Waals surface area contributed by atoms with Gasteiger partial charge < -0.3 is 0 Å². The van der Waals surface area contributed by atoms with Crippen molar-refractivity contribution < 1.29 is 4.39 Å². The molecular weight excluding hydrogens is 374 g/mol. The first-order chi connectivity index (χ1) is 10.2. The molecule has 0 radical (unpaired) electrons. The van der Waals surface area contributed by atoms with E-state index in [9.17, 15) is 4.39 Å². The number of hydrogen-bond donors (Lipinski definition) is 0. The van der Waals surface area contributed by atoms with Gasteiger partial charge >= 0.3 is 0 Å². The van der Waals surface area contributed by atoms with Crippen LogP contribution in [0.4, 0.5) is 4.39 Å². The van der Waals surface area contributed by atoms with E-state index in [4.69, 9.17) is 0 Å². The number of rotatable bonds is 7. The van der Waals surface area contributed by atoms with Crippen LogP contribution in [0.25, 0.3) is 0 Å². The quantitative estimate of drug-likeness (QED) is 0.263. The minimum atomic E-state index is -0.0706. The maximum absolute atomic E-state index is 13.7. The number of allylic oxidation sites excluding steroid dienone is 2. The summed E-state index contributed by atoms with van der Waals surface area (Å²) in [6, 6.07) is 5.73. The minimum absolute atomic E-state index is 0.0706. The van der Waals surface area contributed by atoms with Crippen LogP contribution in [0.1, 0.15) is 76.2 Å². The molecule has 21 heavy (non-hydrogen) atoms. The second-order valence-corrected chi connectivity index (χ2v) is 7.33. The predicted octanol–water partition coefficient (Wildman–Crippen LogP) is 6.98. The van der Waals surface area contributed by atoms with E-state index in [1.807, 2.05) is 6.07 Å². The molecule has 0 N–H and O–H groups in total. The van der Waals surface area contributed by atoms with E-state index in [2.05, 4.69) is 41.7 Å². The Kier molecular flexibility index (Phi) is 7.21. The van der Waals surface area contributed by atoms with E-state index in [1.165, 1.54) is 56.9 Å². The second kappa shape index (κ2) is 8.92. The molecule has 1 aliphatic rings. The molecule has 1 aromatic carbocycles.